The van der Waals surface area contributed by atoms with Gasteiger partial charge in [-0.3, -0.25) is 4.99 Å². The van der Waals surface area contributed by atoms with Crippen molar-refractivity contribution in [2.24, 2.45) is 10.9 Å². The van der Waals surface area contributed by atoms with Crippen LogP contribution in [-0.2, 0) is 4.79 Å². The van der Waals surface area contributed by atoms with Crippen molar-refractivity contribution in [3.8, 4) is 0 Å². The first-order valence-corrected chi connectivity index (χ1v) is 8.11. The predicted molar refractivity (Wildman–Crippen MR) is 95.7 cm³/mol. The summed E-state index contributed by atoms with van der Waals surface area (Å²) in [4.78, 5) is 16.6. The molecule has 1 unspecified atom stereocenters. The number of carbonyl (C=O) groups is 1. The minimum absolute atomic E-state index is 0.00219. The summed E-state index contributed by atoms with van der Waals surface area (Å²) < 4.78 is 13.3. The second kappa shape index (κ2) is 6.89. The standard InChI is InChI=1S/C20H19FN2O2/c1-12(2)17-16(20(24)25)18(13-8-10-15(21)11-9-13)23-19(22-17)14-6-4-3-5-7-14/h3-12,17H,1-2H3,(H,22,23)(H,24,25). The van der Waals surface area contributed by atoms with Crippen LogP contribution in [0.3, 0.4) is 0 Å². The van der Waals surface area contributed by atoms with Crippen LogP contribution >= 0.6 is 0 Å². The van der Waals surface area contributed by atoms with Crippen LogP contribution in [-0.4, -0.2) is 23.0 Å². The summed E-state index contributed by atoms with van der Waals surface area (Å²) in [5, 5.41) is 12.9. The van der Waals surface area contributed by atoms with E-state index in [1.807, 2.05) is 44.2 Å². The van der Waals surface area contributed by atoms with Gasteiger partial charge in [-0.2, -0.15) is 0 Å². The minimum Gasteiger partial charge on any atom is -0.478 e. The van der Waals surface area contributed by atoms with E-state index in [4.69, 9.17) is 0 Å². The van der Waals surface area contributed by atoms with Crippen LogP contribution in [0.15, 0.2) is 65.2 Å². The number of aliphatic carboxylic acids is 1. The average molecular weight is 338 g/mol. The number of nitrogens with one attached hydrogen (secondary N) is 1. The number of hydrogen-bond acceptors (Lipinski definition) is 3. The van der Waals surface area contributed by atoms with Crippen LogP contribution in [0, 0.1) is 11.7 Å². The molecule has 1 heterocycles. The summed E-state index contributed by atoms with van der Waals surface area (Å²) in [6.07, 6.45) is 0. The quantitative estimate of drug-likeness (QED) is 0.894. The summed E-state index contributed by atoms with van der Waals surface area (Å²) in [5.74, 6) is -0.776. The molecule has 0 bridgehead atoms. The Kier molecular flexibility index (Phi) is 4.65. The first-order chi connectivity index (χ1) is 12.0. The number of benzene rings is 2. The van der Waals surface area contributed by atoms with Crippen LogP contribution in [0.5, 0.6) is 0 Å². The van der Waals surface area contributed by atoms with E-state index in [9.17, 15) is 14.3 Å². The van der Waals surface area contributed by atoms with Gasteiger partial charge in [-0.25, -0.2) is 9.18 Å². The SMILES string of the molecule is CC(C)C1N=C(c2ccccc2)NC(c2ccc(F)cc2)=C1C(=O)O. The third-order valence-corrected chi connectivity index (χ3v) is 4.12. The van der Waals surface area contributed by atoms with Crippen molar-refractivity contribution in [3.05, 3.63) is 77.1 Å². The second-order valence-electron chi connectivity index (χ2n) is 6.26. The predicted octanol–water partition coefficient (Wildman–Crippen LogP) is 3.70. The Morgan fingerprint density at radius 3 is 2.28 bits per heavy atom. The highest BCUT2D eigenvalue weighted by atomic mass is 19.1. The maximum absolute atomic E-state index is 13.3. The van der Waals surface area contributed by atoms with Crippen molar-refractivity contribution in [1.82, 2.24) is 5.32 Å². The van der Waals surface area contributed by atoms with Gasteiger partial charge < -0.3 is 10.4 Å². The molecule has 0 aromatic heterocycles. The Balaban J connectivity index is 2.14. The van der Waals surface area contributed by atoms with E-state index in [0.717, 1.165) is 5.56 Å². The largest absolute Gasteiger partial charge is 0.478 e. The molecule has 0 spiro atoms. The number of hydrogen-bond donors (Lipinski definition) is 2. The fraction of sp³-hybridized carbons (Fsp3) is 0.200. The van der Waals surface area contributed by atoms with E-state index in [1.165, 1.54) is 12.1 Å². The molecule has 2 N–H and O–H groups in total. The van der Waals surface area contributed by atoms with Crippen molar-refractivity contribution < 1.29 is 14.3 Å². The molecule has 0 fully saturated rings. The molecule has 0 amide bonds. The van der Waals surface area contributed by atoms with Gasteiger partial charge in [-0.05, 0) is 35.7 Å². The van der Waals surface area contributed by atoms with Gasteiger partial charge in [0, 0.05) is 5.56 Å². The highest BCUT2D eigenvalue weighted by Crippen LogP contribution is 2.29. The van der Waals surface area contributed by atoms with Gasteiger partial charge in [-0.15, -0.1) is 0 Å². The first kappa shape index (κ1) is 16.9. The molecule has 128 valence electrons. The summed E-state index contributed by atoms with van der Waals surface area (Å²) >= 11 is 0. The van der Waals surface area contributed by atoms with E-state index >= 15 is 0 Å². The van der Waals surface area contributed by atoms with Crippen LogP contribution in [0.4, 0.5) is 4.39 Å². The lowest BCUT2D eigenvalue weighted by Crippen LogP contribution is -2.37. The molecule has 0 aliphatic carbocycles. The maximum atomic E-state index is 13.3. The van der Waals surface area contributed by atoms with Gasteiger partial charge in [0.2, 0.25) is 0 Å². The van der Waals surface area contributed by atoms with Crippen LogP contribution in [0.2, 0.25) is 0 Å². The summed E-state index contributed by atoms with van der Waals surface area (Å²) in [7, 11) is 0. The smallest absolute Gasteiger partial charge is 0.335 e. The maximum Gasteiger partial charge on any atom is 0.335 e. The molecule has 0 saturated heterocycles. The van der Waals surface area contributed by atoms with Crippen LogP contribution < -0.4 is 5.32 Å². The first-order valence-electron chi connectivity index (χ1n) is 8.11. The molecule has 1 aliphatic heterocycles. The van der Waals surface area contributed by atoms with Crippen molar-refractivity contribution in [3.63, 3.8) is 0 Å². The fourth-order valence-electron chi connectivity index (χ4n) is 2.87. The van der Waals surface area contributed by atoms with Crippen molar-refractivity contribution >= 4 is 17.5 Å². The molecule has 1 aliphatic rings. The molecule has 1 atom stereocenters. The lowest BCUT2D eigenvalue weighted by molar-refractivity contribution is -0.133. The topological polar surface area (TPSA) is 61.7 Å². The third-order valence-electron chi connectivity index (χ3n) is 4.12. The van der Waals surface area contributed by atoms with Gasteiger partial charge in [0.25, 0.3) is 0 Å². The molecule has 2 aromatic rings. The number of halogens is 1. The summed E-state index contributed by atoms with van der Waals surface area (Å²) in [6.45, 7) is 3.88. The van der Waals surface area contributed by atoms with Crippen molar-refractivity contribution in [2.45, 2.75) is 19.9 Å². The number of aliphatic imine (C=N–C) groups is 1. The molecule has 0 saturated carbocycles. The lowest BCUT2D eigenvalue weighted by Gasteiger charge is -2.28. The van der Waals surface area contributed by atoms with Gasteiger partial charge in [0.15, 0.2) is 0 Å². The fourth-order valence-corrected chi connectivity index (χ4v) is 2.87. The Bertz CT molecular complexity index is 840. The molecule has 25 heavy (non-hydrogen) atoms. The average Bonchev–Trinajstić information content (AvgIpc) is 2.61. The number of rotatable bonds is 4. The van der Waals surface area contributed by atoms with Gasteiger partial charge in [0.1, 0.15) is 11.7 Å². The Labute approximate surface area is 145 Å². The van der Waals surface area contributed by atoms with Gasteiger partial charge in [0.05, 0.1) is 17.3 Å². The normalized spacial score (nSPS) is 17.3. The van der Waals surface area contributed by atoms with Gasteiger partial charge in [-0.1, -0.05) is 44.2 Å². The van der Waals surface area contributed by atoms with E-state index in [-0.39, 0.29) is 17.3 Å². The van der Waals surface area contributed by atoms with E-state index in [1.54, 1.807) is 12.1 Å². The van der Waals surface area contributed by atoms with Gasteiger partial charge >= 0.3 is 5.97 Å². The zero-order valence-electron chi connectivity index (χ0n) is 14.0. The third kappa shape index (κ3) is 3.45. The Morgan fingerprint density at radius 1 is 1.08 bits per heavy atom. The molecule has 4 nitrogen and oxygen atoms in total. The summed E-state index contributed by atoms with van der Waals surface area (Å²) in [6, 6.07) is 14.8. The van der Waals surface area contributed by atoms with E-state index < -0.39 is 12.0 Å². The number of carboxylic acid groups (broad SMARTS) is 1. The number of carboxylic acids is 1. The number of nitrogens with zero attached hydrogens (tertiary/aromatic N) is 1. The molecule has 5 heteroatoms. The highest BCUT2D eigenvalue weighted by Gasteiger charge is 2.32. The van der Waals surface area contributed by atoms with Crippen LogP contribution in [0.25, 0.3) is 5.70 Å². The van der Waals surface area contributed by atoms with E-state index in [2.05, 4.69) is 10.3 Å². The Hall–Kier alpha value is -2.95. The summed E-state index contributed by atoms with van der Waals surface area (Å²) in [5.41, 5.74) is 2.14. The Morgan fingerprint density at radius 2 is 1.72 bits per heavy atom. The highest BCUT2D eigenvalue weighted by molar-refractivity contribution is 6.10. The molecule has 2 aromatic carbocycles. The van der Waals surface area contributed by atoms with Crippen molar-refractivity contribution in [2.75, 3.05) is 0 Å². The minimum atomic E-state index is -1.03. The zero-order valence-corrected chi connectivity index (χ0v) is 14.0. The second-order valence-corrected chi connectivity index (χ2v) is 6.26. The molecule has 0 radical (unpaired) electrons. The number of amidine groups is 1. The molecule has 3 rings (SSSR count). The lowest BCUT2D eigenvalue weighted by atomic mass is 9.90. The molecular formula is C20H19FN2O2. The van der Waals surface area contributed by atoms with E-state index in [0.29, 0.717) is 17.1 Å². The monoisotopic (exact) mass is 338 g/mol. The van der Waals surface area contributed by atoms with Crippen molar-refractivity contribution in [1.29, 1.82) is 0 Å². The zero-order chi connectivity index (χ0) is 18.0. The molecular weight excluding hydrogens is 319 g/mol. The van der Waals surface area contributed by atoms with Crippen LogP contribution in [0.1, 0.15) is 25.0 Å².